The maximum atomic E-state index is 10.5. The summed E-state index contributed by atoms with van der Waals surface area (Å²) in [5.74, 6) is -0.725. The molecule has 0 fully saturated rings. The van der Waals surface area contributed by atoms with Crippen molar-refractivity contribution >= 4 is 5.97 Å². The molecule has 2 nitrogen and oxygen atoms in total. The molecule has 1 rings (SSSR count). The fraction of sp³-hybridized carbons (Fsp3) is 0.625. The molecule has 0 aromatic rings. The van der Waals surface area contributed by atoms with Crippen LogP contribution in [0.25, 0.3) is 0 Å². The summed E-state index contributed by atoms with van der Waals surface area (Å²) in [6, 6.07) is 0. The van der Waals surface area contributed by atoms with E-state index in [-0.39, 0.29) is 0 Å². The van der Waals surface area contributed by atoms with E-state index in [0.717, 1.165) is 31.3 Å². The van der Waals surface area contributed by atoms with E-state index in [0.29, 0.717) is 5.57 Å². The molecule has 0 heterocycles. The summed E-state index contributed by atoms with van der Waals surface area (Å²) in [6.45, 7) is 1.92. The Balaban J connectivity index is 2.78. The molecule has 0 saturated carbocycles. The van der Waals surface area contributed by atoms with Gasteiger partial charge in [-0.05, 0) is 32.6 Å². The zero-order chi connectivity index (χ0) is 7.56. The van der Waals surface area contributed by atoms with Crippen LogP contribution in [-0.2, 0) is 4.79 Å². The highest BCUT2D eigenvalue weighted by Gasteiger charge is 2.14. The van der Waals surface area contributed by atoms with Crippen molar-refractivity contribution in [2.75, 3.05) is 0 Å². The highest BCUT2D eigenvalue weighted by atomic mass is 16.4. The monoisotopic (exact) mass is 140 g/mol. The summed E-state index contributed by atoms with van der Waals surface area (Å²) in [6.07, 6.45) is 3.93. The molecule has 1 N–H and O–H groups in total. The van der Waals surface area contributed by atoms with Gasteiger partial charge in [0.15, 0.2) is 0 Å². The number of rotatable bonds is 1. The van der Waals surface area contributed by atoms with Crippen LogP contribution in [0.1, 0.15) is 32.6 Å². The molecule has 10 heavy (non-hydrogen) atoms. The second kappa shape index (κ2) is 2.86. The van der Waals surface area contributed by atoms with Crippen molar-refractivity contribution in [2.24, 2.45) is 0 Å². The normalized spacial score (nSPS) is 19.3. The molecule has 1 aliphatic carbocycles. The Kier molecular flexibility index (Phi) is 2.10. The molecule has 0 unspecified atom stereocenters. The Hall–Kier alpha value is -0.790. The lowest BCUT2D eigenvalue weighted by Crippen LogP contribution is -2.07. The third-order valence-electron chi connectivity index (χ3n) is 2.00. The summed E-state index contributed by atoms with van der Waals surface area (Å²) < 4.78 is 0. The fourth-order valence-corrected chi connectivity index (χ4v) is 1.35. The minimum atomic E-state index is -0.725. The van der Waals surface area contributed by atoms with Crippen molar-refractivity contribution in [3.05, 3.63) is 11.1 Å². The first-order chi connectivity index (χ1) is 4.72. The van der Waals surface area contributed by atoms with E-state index in [1.165, 1.54) is 0 Å². The van der Waals surface area contributed by atoms with E-state index in [1.807, 2.05) is 6.92 Å². The Morgan fingerprint density at radius 2 is 2.00 bits per heavy atom. The van der Waals surface area contributed by atoms with Gasteiger partial charge in [0.05, 0.1) is 0 Å². The van der Waals surface area contributed by atoms with Gasteiger partial charge in [-0.2, -0.15) is 0 Å². The molecule has 0 aliphatic heterocycles. The van der Waals surface area contributed by atoms with Crippen molar-refractivity contribution in [2.45, 2.75) is 32.6 Å². The lowest BCUT2D eigenvalue weighted by Gasteiger charge is -2.13. The summed E-state index contributed by atoms with van der Waals surface area (Å²) in [5.41, 5.74) is 1.71. The smallest absolute Gasteiger partial charge is 0.331 e. The molecule has 0 bridgehead atoms. The molecular formula is C8H12O2. The van der Waals surface area contributed by atoms with E-state index < -0.39 is 5.97 Å². The van der Waals surface area contributed by atoms with Crippen LogP contribution < -0.4 is 0 Å². The van der Waals surface area contributed by atoms with Crippen molar-refractivity contribution in [1.29, 1.82) is 0 Å². The predicted octanol–water partition coefficient (Wildman–Crippen LogP) is 1.96. The first-order valence-corrected chi connectivity index (χ1v) is 3.63. The number of carboxylic acids is 1. The number of carboxylic acid groups (broad SMARTS) is 1. The first kappa shape index (κ1) is 7.32. The molecule has 0 amide bonds. The van der Waals surface area contributed by atoms with Gasteiger partial charge in [0, 0.05) is 5.57 Å². The van der Waals surface area contributed by atoms with Crippen molar-refractivity contribution in [1.82, 2.24) is 0 Å². The van der Waals surface area contributed by atoms with Gasteiger partial charge in [0.25, 0.3) is 0 Å². The van der Waals surface area contributed by atoms with Crippen LogP contribution in [0.3, 0.4) is 0 Å². The van der Waals surface area contributed by atoms with Gasteiger partial charge in [-0.1, -0.05) is 5.57 Å². The highest BCUT2D eigenvalue weighted by Crippen LogP contribution is 2.23. The molecular weight excluding hydrogens is 128 g/mol. The predicted molar refractivity (Wildman–Crippen MR) is 38.8 cm³/mol. The van der Waals surface area contributed by atoms with Gasteiger partial charge in [-0.25, -0.2) is 4.79 Å². The molecule has 1 aliphatic rings. The molecule has 0 radical (unpaired) electrons. The Bertz CT molecular complexity index is 180. The minimum Gasteiger partial charge on any atom is -0.478 e. The topological polar surface area (TPSA) is 37.3 Å². The number of aliphatic carboxylic acids is 1. The van der Waals surface area contributed by atoms with Crippen LogP contribution in [0.5, 0.6) is 0 Å². The van der Waals surface area contributed by atoms with Gasteiger partial charge < -0.3 is 5.11 Å². The van der Waals surface area contributed by atoms with Crippen molar-refractivity contribution < 1.29 is 9.90 Å². The van der Waals surface area contributed by atoms with Gasteiger partial charge in [-0.15, -0.1) is 0 Å². The molecule has 2 heteroatoms. The lowest BCUT2D eigenvalue weighted by molar-refractivity contribution is -0.133. The number of allylic oxidation sites excluding steroid dienone is 1. The fourth-order valence-electron chi connectivity index (χ4n) is 1.35. The number of carbonyl (C=O) groups is 1. The van der Waals surface area contributed by atoms with Crippen LogP contribution in [-0.4, -0.2) is 11.1 Å². The van der Waals surface area contributed by atoms with Crippen molar-refractivity contribution in [3.8, 4) is 0 Å². The van der Waals surface area contributed by atoms with E-state index in [9.17, 15) is 4.79 Å². The van der Waals surface area contributed by atoms with Crippen LogP contribution in [0.4, 0.5) is 0 Å². The average Bonchev–Trinajstić information content (AvgIpc) is 1.88. The van der Waals surface area contributed by atoms with Crippen molar-refractivity contribution in [3.63, 3.8) is 0 Å². The van der Waals surface area contributed by atoms with E-state index in [2.05, 4.69) is 0 Å². The van der Waals surface area contributed by atoms with Gasteiger partial charge in [0.1, 0.15) is 0 Å². The summed E-state index contributed by atoms with van der Waals surface area (Å²) in [5, 5.41) is 8.65. The van der Waals surface area contributed by atoms with Gasteiger partial charge in [0.2, 0.25) is 0 Å². The lowest BCUT2D eigenvalue weighted by atomic mass is 9.93. The standard InChI is InChI=1S/C8H12O2/c1-6-4-2-3-5-7(6)8(9)10/h2-5H2,1H3,(H,9,10). The Labute approximate surface area is 60.6 Å². The van der Waals surface area contributed by atoms with E-state index in [1.54, 1.807) is 0 Å². The van der Waals surface area contributed by atoms with E-state index in [4.69, 9.17) is 5.11 Å². The van der Waals surface area contributed by atoms with Crippen LogP contribution in [0, 0.1) is 0 Å². The van der Waals surface area contributed by atoms with Gasteiger partial charge in [-0.3, -0.25) is 0 Å². The number of hydrogen-bond donors (Lipinski definition) is 1. The van der Waals surface area contributed by atoms with Crippen LogP contribution in [0.15, 0.2) is 11.1 Å². The second-order valence-electron chi connectivity index (χ2n) is 2.77. The van der Waals surface area contributed by atoms with Crippen LogP contribution >= 0.6 is 0 Å². The second-order valence-corrected chi connectivity index (χ2v) is 2.77. The zero-order valence-corrected chi connectivity index (χ0v) is 6.18. The summed E-state index contributed by atoms with van der Waals surface area (Å²) in [4.78, 5) is 10.5. The maximum absolute atomic E-state index is 10.5. The molecule has 56 valence electrons. The molecule has 0 atom stereocenters. The van der Waals surface area contributed by atoms with Gasteiger partial charge >= 0.3 is 5.97 Å². The first-order valence-electron chi connectivity index (χ1n) is 3.63. The zero-order valence-electron chi connectivity index (χ0n) is 6.18. The maximum Gasteiger partial charge on any atom is 0.331 e. The largest absolute Gasteiger partial charge is 0.478 e. The number of hydrogen-bond acceptors (Lipinski definition) is 1. The van der Waals surface area contributed by atoms with Crippen LogP contribution in [0.2, 0.25) is 0 Å². The van der Waals surface area contributed by atoms with E-state index >= 15 is 0 Å². The minimum absolute atomic E-state index is 0.645. The summed E-state index contributed by atoms with van der Waals surface area (Å²) in [7, 11) is 0. The molecule has 0 spiro atoms. The third-order valence-corrected chi connectivity index (χ3v) is 2.00. The quantitative estimate of drug-likeness (QED) is 0.604. The Morgan fingerprint density at radius 3 is 2.40 bits per heavy atom. The molecule has 0 aromatic heterocycles. The third kappa shape index (κ3) is 1.38. The summed E-state index contributed by atoms with van der Waals surface area (Å²) >= 11 is 0. The molecule has 0 aromatic carbocycles. The highest BCUT2D eigenvalue weighted by molar-refractivity contribution is 5.87. The molecule has 0 saturated heterocycles. The average molecular weight is 140 g/mol. The Morgan fingerprint density at radius 1 is 1.40 bits per heavy atom. The SMILES string of the molecule is CC1=C(C(=O)O)CCCC1.